The molecule has 0 bridgehead atoms. The van der Waals surface area contributed by atoms with E-state index in [1.807, 2.05) is 11.5 Å². The number of hydrogen-bond acceptors (Lipinski definition) is 4. The lowest BCUT2D eigenvalue weighted by Crippen LogP contribution is -2.37. The van der Waals surface area contributed by atoms with E-state index in [9.17, 15) is 9.59 Å². The van der Waals surface area contributed by atoms with Gasteiger partial charge in [-0.15, -0.1) is 0 Å². The largest absolute Gasteiger partial charge is 0.332 e. The van der Waals surface area contributed by atoms with E-state index in [2.05, 4.69) is 18.5 Å². The van der Waals surface area contributed by atoms with Crippen molar-refractivity contribution in [1.82, 2.24) is 18.7 Å². The van der Waals surface area contributed by atoms with E-state index >= 15 is 0 Å². The van der Waals surface area contributed by atoms with Crippen molar-refractivity contribution >= 4 is 22.9 Å². The van der Waals surface area contributed by atoms with Crippen LogP contribution in [0.3, 0.4) is 0 Å². The SMILES string of the molecule is C=C(C)Cn1c(SCCCCC)nc2c1c(=O)n(C)c(=O)n2C. The van der Waals surface area contributed by atoms with Crippen LogP contribution in [0.2, 0.25) is 0 Å². The third-order valence-corrected chi connectivity index (χ3v) is 4.78. The van der Waals surface area contributed by atoms with Gasteiger partial charge in [-0.25, -0.2) is 9.78 Å². The third-order valence-electron chi connectivity index (χ3n) is 3.72. The Hall–Kier alpha value is -1.76. The molecular formula is C16H24N4O2S. The third kappa shape index (κ3) is 3.44. The number of allylic oxidation sites excluding steroid dienone is 1. The van der Waals surface area contributed by atoms with Crippen LogP contribution in [0.25, 0.3) is 11.2 Å². The van der Waals surface area contributed by atoms with E-state index < -0.39 is 0 Å². The molecule has 0 spiro atoms. The van der Waals surface area contributed by atoms with Gasteiger partial charge in [-0.05, 0) is 13.3 Å². The van der Waals surface area contributed by atoms with Gasteiger partial charge in [0.1, 0.15) is 0 Å². The zero-order valence-corrected chi connectivity index (χ0v) is 15.1. The molecule has 126 valence electrons. The van der Waals surface area contributed by atoms with Crippen molar-refractivity contribution < 1.29 is 0 Å². The molecule has 0 saturated heterocycles. The molecular weight excluding hydrogens is 312 g/mol. The molecule has 0 amide bonds. The minimum atomic E-state index is -0.356. The number of nitrogens with zero attached hydrogens (tertiary/aromatic N) is 4. The number of aryl methyl sites for hydroxylation is 1. The van der Waals surface area contributed by atoms with Gasteiger partial charge in [0, 0.05) is 26.4 Å². The molecule has 0 N–H and O–H groups in total. The van der Waals surface area contributed by atoms with Crippen molar-refractivity contribution in [2.45, 2.75) is 44.8 Å². The highest BCUT2D eigenvalue weighted by atomic mass is 32.2. The first kappa shape index (κ1) is 17.6. The maximum absolute atomic E-state index is 12.5. The van der Waals surface area contributed by atoms with Crippen LogP contribution in [-0.2, 0) is 20.6 Å². The fourth-order valence-electron chi connectivity index (χ4n) is 2.47. The fraction of sp³-hybridized carbons (Fsp3) is 0.562. The standard InChI is InChI=1S/C16H24N4O2S/c1-6-7-8-9-23-15-17-13-12(20(15)10-11(2)3)14(21)19(5)16(22)18(13)4/h2,6-10H2,1,3-5H3. The van der Waals surface area contributed by atoms with Crippen molar-refractivity contribution in [3.05, 3.63) is 33.0 Å². The predicted molar refractivity (Wildman–Crippen MR) is 95.3 cm³/mol. The number of aromatic nitrogens is 4. The summed E-state index contributed by atoms with van der Waals surface area (Å²) < 4.78 is 4.45. The highest BCUT2D eigenvalue weighted by molar-refractivity contribution is 7.99. The molecule has 2 aromatic rings. The molecule has 6 nitrogen and oxygen atoms in total. The molecule has 2 aromatic heterocycles. The van der Waals surface area contributed by atoms with Gasteiger partial charge in [0.25, 0.3) is 5.56 Å². The number of hydrogen-bond donors (Lipinski definition) is 0. The minimum absolute atomic E-state index is 0.308. The van der Waals surface area contributed by atoms with Crippen LogP contribution in [0.1, 0.15) is 33.1 Å². The van der Waals surface area contributed by atoms with Gasteiger partial charge in [0.15, 0.2) is 16.3 Å². The summed E-state index contributed by atoms with van der Waals surface area (Å²) in [6.45, 7) is 8.56. The fourth-order valence-corrected chi connectivity index (χ4v) is 3.46. The number of imidazole rings is 1. The van der Waals surface area contributed by atoms with Crippen molar-refractivity contribution in [3.63, 3.8) is 0 Å². The molecule has 0 unspecified atom stereocenters. The zero-order chi connectivity index (χ0) is 17.1. The summed E-state index contributed by atoms with van der Waals surface area (Å²) in [6, 6.07) is 0. The lowest BCUT2D eigenvalue weighted by atomic mass is 10.3. The average molecular weight is 336 g/mol. The predicted octanol–water partition coefficient (Wildman–Crippen LogP) is 2.29. The summed E-state index contributed by atoms with van der Waals surface area (Å²) in [5.74, 6) is 0.946. The first-order valence-corrected chi connectivity index (χ1v) is 8.80. The summed E-state index contributed by atoms with van der Waals surface area (Å²) in [7, 11) is 3.14. The van der Waals surface area contributed by atoms with Crippen LogP contribution in [0.15, 0.2) is 26.9 Å². The molecule has 2 rings (SSSR count). The smallest absolute Gasteiger partial charge is 0.309 e. The van der Waals surface area contributed by atoms with Gasteiger partial charge < -0.3 is 4.57 Å². The van der Waals surface area contributed by atoms with Gasteiger partial charge in [-0.3, -0.25) is 13.9 Å². The highest BCUT2D eigenvalue weighted by Gasteiger charge is 2.19. The van der Waals surface area contributed by atoms with Crippen LogP contribution in [0.4, 0.5) is 0 Å². The van der Waals surface area contributed by atoms with E-state index in [1.54, 1.807) is 18.8 Å². The monoisotopic (exact) mass is 336 g/mol. The molecule has 0 aliphatic heterocycles. The van der Waals surface area contributed by atoms with Crippen molar-refractivity contribution in [1.29, 1.82) is 0 Å². The van der Waals surface area contributed by atoms with E-state index in [-0.39, 0.29) is 11.2 Å². The second-order valence-electron chi connectivity index (χ2n) is 5.87. The Morgan fingerprint density at radius 3 is 2.52 bits per heavy atom. The lowest BCUT2D eigenvalue weighted by Gasteiger charge is -2.09. The maximum Gasteiger partial charge on any atom is 0.332 e. The Bertz CT molecular complexity index is 844. The lowest BCUT2D eigenvalue weighted by molar-refractivity contribution is 0.693. The van der Waals surface area contributed by atoms with E-state index in [1.165, 1.54) is 18.0 Å². The molecule has 0 aliphatic rings. The summed E-state index contributed by atoms with van der Waals surface area (Å²) in [6.07, 6.45) is 3.44. The summed E-state index contributed by atoms with van der Waals surface area (Å²) >= 11 is 1.63. The second-order valence-corrected chi connectivity index (χ2v) is 6.93. The molecule has 23 heavy (non-hydrogen) atoms. The Balaban J connectivity index is 2.60. The summed E-state index contributed by atoms with van der Waals surface area (Å²) in [5, 5.41) is 0.775. The Labute approximate surface area is 139 Å². The van der Waals surface area contributed by atoms with Crippen LogP contribution >= 0.6 is 11.8 Å². The number of rotatable bonds is 7. The van der Waals surface area contributed by atoms with Crippen LogP contribution in [-0.4, -0.2) is 24.4 Å². The normalized spacial score (nSPS) is 11.3. The first-order chi connectivity index (χ1) is 10.9. The summed E-state index contributed by atoms with van der Waals surface area (Å²) in [4.78, 5) is 29.2. The summed E-state index contributed by atoms with van der Waals surface area (Å²) in [5.41, 5.74) is 1.19. The van der Waals surface area contributed by atoms with Gasteiger partial charge in [0.2, 0.25) is 0 Å². The molecule has 0 aliphatic carbocycles. The second kappa shape index (κ2) is 7.21. The minimum Gasteiger partial charge on any atom is -0.309 e. The molecule has 0 saturated carbocycles. The first-order valence-electron chi connectivity index (χ1n) is 7.81. The highest BCUT2D eigenvalue weighted by Crippen LogP contribution is 2.23. The van der Waals surface area contributed by atoms with Crippen LogP contribution < -0.4 is 11.2 Å². The van der Waals surface area contributed by atoms with Crippen molar-refractivity contribution in [2.24, 2.45) is 14.1 Å². The van der Waals surface area contributed by atoms with Gasteiger partial charge in [-0.1, -0.05) is 43.7 Å². The topological polar surface area (TPSA) is 61.8 Å². The van der Waals surface area contributed by atoms with Gasteiger partial charge in [0.05, 0.1) is 0 Å². The van der Waals surface area contributed by atoms with Crippen molar-refractivity contribution in [3.8, 4) is 0 Å². The Morgan fingerprint density at radius 2 is 1.91 bits per heavy atom. The molecule has 2 heterocycles. The number of fused-ring (bicyclic) bond motifs is 1. The van der Waals surface area contributed by atoms with Crippen molar-refractivity contribution in [2.75, 3.05) is 5.75 Å². The molecule has 0 atom stereocenters. The van der Waals surface area contributed by atoms with Crippen LogP contribution in [0.5, 0.6) is 0 Å². The van der Waals surface area contributed by atoms with Gasteiger partial charge in [-0.2, -0.15) is 0 Å². The van der Waals surface area contributed by atoms with Crippen LogP contribution in [0, 0.1) is 0 Å². The number of unbranched alkanes of at least 4 members (excludes halogenated alkanes) is 2. The molecule has 0 radical (unpaired) electrons. The van der Waals surface area contributed by atoms with Gasteiger partial charge >= 0.3 is 5.69 Å². The Morgan fingerprint density at radius 1 is 1.22 bits per heavy atom. The molecule has 7 heteroatoms. The van der Waals surface area contributed by atoms with E-state index in [4.69, 9.17) is 0 Å². The number of thioether (sulfide) groups is 1. The maximum atomic E-state index is 12.5. The Kier molecular flexibility index (Phi) is 5.51. The zero-order valence-electron chi connectivity index (χ0n) is 14.3. The average Bonchev–Trinajstić information content (AvgIpc) is 2.85. The van der Waals surface area contributed by atoms with E-state index in [0.29, 0.717) is 17.7 Å². The van der Waals surface area contributed by atoms with E-state index in [0.717, 1.165) is 33.9 Å². The molecule has 0 fully saturated rings. The quantitative estimate of drug-likeness (QED) is 0.442. The molecule has 0 aromatic carbocycles.